The fourth-order valence-electron chi connectivity index (χ4n) is 1.90. The van der Waals surface area contributed by atoms with Crippen molar-refractivity contribution in [3.05, 3.63) is 27.4 Å². The van der Waals surface area contributed by atoms with Gasteiger partial charge in [-0.15, -0.1) is 0 Å². The van der Waals surface area contributed by atoms with Crippen LogP contribution in [0.15, 0.2) is 4.79 Å². The molecular formula is C10H15N3OS. The first kappa shape index (κ1) is 10.7. The van der Waals surface area contributed by atoms with Crippen molar-refractivity contribution < 1.29 is 0 Å². The molecule has 1 aromatic heterocycles. The van der Waals surface area contributed by atoms with Gasteiger partial charge < -0.3 is 10.7 Å². The zero-order valence-corrected chi connectivity index (χ0v) is 9.40. The molecular weight excluding hydrogens is 210 g/mol. The Morgan fingerprint density at radius 2 is 2.20 bits per heavy atom. The van der Waals surface area contributed by atoms with Gasteiger partial charge in [0.15, 0.2) is 0 Å². The fourth-order valence-corrected chi connectivity index (χ4v) is 2.80. The lowest BCUT2D eigenvalue weighted by Crippen LogP contribution is -2.21. The topological polar surface area (TPSA) is 71.8 Å². The number of H-pyrrole nitrogens is 1. The number of rotatable bonds is 2. The molecule has 3 N–H and O–H groups in total. The first-order chi connectivity index (χ1) is 7.31. The van der Waals surface area contributed by atoms with Gasteiger partial charge in [0.25, 0.3) is 0 Å². The third kappa shape index (κ3) is 2.41. The largest absolute Gasteiger partial charge is 0.345 e. The lowest BCUT2D eigenvalue weighted by atomic mass is 10.1. The van der Waals surface area contributed by atoms with Crippen LogP contribution in [-0.2, 0) is 19.3 Å². The van der Waals surface area contributed by atoms with Crippen molar-refractivity contribution in [3.63, 3.8) is 0 Å². The highest BCUT2D eigenvalue weighted by Gasteiger charge is 2.14. The molecule has 1 aliphatic rings. The summed E-state index contributed by atoms with van der Waals surface area (Å²) < 4.78 is 0. The molecule has 0 spiro atoms. The number of aromatic nitrogens is 2. The number of hydrogen-bond donors (Lipinski definition) is 2. The summed E-state index contributed by atoms with van der Waals surface area (Å²) in [6, 6.07) is 0. The third-order valence-corrected chi connectivity index (χ3v) is 3.57. The lowest BCUT2D eigenvalue weighted by molar-refractivity contribution is 0.827. The maximum Gasteiger partial charge on any atom is 0.345 e. The maximum absolute atomic E-state index is 11.3. The molecule has 1 aromatic rings. The van der Waals surface area contributed by atoms with Crippen LogP contribution in [0.3, 0.4) is 0 Å². The van der Waals surface area contributed by atoms with Crippen LogP contribution >= 0.6 is 11.8 Å². The van der Waals surface area contributed by atoms with Crippen LogP contribution in [0.5, 0.6) is 0 Å². The zero-order chi connectivity index (χ0) is 10.7. The summed E-state index contributed by atoms with van der Waals surface area (Å²) in [5.74, 6) is 2.19. The molecule has 0 aliphatic carbocycles. The predicted octanol–water partition coefficient (Wildman–Crippen LogP) is 0.103. The Labute approximate surface area is 92.7 Å². The molecule has 0 radical (unpaired) electrons. The Morgan fingerprint density at radius 3 is 3.00 bits per heavy atom. The van der Waals surface area contributed by atoms with E-state index >= 15 is 0 Å². The van der Waals surface area contributed by atoms with Gasteiger partial charge in [0.2, 0.25) is 0 Å². The minimum absolute atomic E-state index is 0.232. The Morgan fingerprint density at radius 1 is 1.40 bits per heavy atom. The third-order valence-electron chi connectivity index (χ3n) is 2.58. The molecule has 0 saturated carbocycles. The second-order valence-electron chi connectivity index (χ2n) is 3.60. The van der Waals surface area contributed by atoms with E-state index in [1.54, 1.807) is 0 Å². The highest BCUT2D eigenvalue weighted by molar-refractivity contribution is 7.99. The fraction of sp³-hybridized carbons (Fsp3) is 0.600. The SMILES string of the molecule is NCCc1nc(=O)[nH]c2c1CCSCC2. The van der Waals surface area contributed by atoms with E-state index in [9.17, 15) is 4.79 Å². The van der Waals surface area contributed by atoms with Crippen LogP contribution in [-0.4, -0.2) is 28.0 Å². The van der Waals surface area contributed by atoms with Gasteiger partial charge >= 0.3 is 5.69 Å². The van der Waals surface area contributed by atoms with Gasteiger partial charge in [0.05, 0.1) is 5.69 Å². The second kappa shape index (κ2) is 4.81. The van der Waals surface area contributed by atoms with Crippen LogP contribution in [0.1, 0.15) is 17.0 Å². The normalized spacial score (nSPS) is 15.8. The Hall–Kier alpha value is -0.810. The van der Waals surface area contributed by atoms with Crippen molar-refractivity contribution in [2.24, 2.45) is 5.73 Å². The number of aryl methyl sites for hydroxylation is 1. The van der Waals surface area contributed by atoms with Crippen molar-refractivity contribution in [2.75, 3.05) is 18.1 Å². The van der Waals surface area contributed by atoms with Crippen molar-refractivity contribution in [3.8, 4) is 0 Å². The summed E-state index contributed by atoms with van der Waals surface area (Å²) in [4.78, 5) is 18.2. The number of nitrogens with two attached hydrogens (primary N) is 1. The van der Waals surface area contributed by atoms with Crippen LogP contribution in [0.4, 0.5) is 0 Å². The van der Waals surface area contributed by atoms with E-state index in [4.69, 9.17) is 5.73 Å². The summed E-state index contributed by atoms with van der Waals surface area (Å²) >= 11 is 1.92. The highest BCUT2D eigenvalue weighted by Crippen LogP contribution is 2.19. The monoisotopic (exact) mass is 225 g/mol. The molecule has 5 heteroatoms. The van der Waals surface area contributed by atoms with E-state index in [-0.39, 0.29) is 5.69 Å². The van der Waals surface area contributed by atoms with Gasteiger partial charge in [-0.2, -0.15) is 16.7 Å². The number of nitrogens with one attached hydrogen (secondary N) is 1. The first-order valence-corrected chi connectivity index (χ1v) is 6.35. The van der Waals surface area contributed by atoms with Crippen LogP contribution in [0, 0.1) is 0 Å². The smallest absolute Gasteiger partial charge is 0.330 e. The Bertz CT molecular complexity index is 402. The molecule has 82 valence electrons. The van der Waals surface area contributed by atoms with E-state index in [0.717, 1.165) is 35.7 Å². The van der Waals surface area contributed by atoms with Gasteiger partial charge in [-0.1, -0.05) is 0 Å². The Kier molecular flexibility index (Phi) is 3.43. The van der Waals surface area contributed by atoms with Crippen LogP contribution < -0.4 is 11.4 Å². The van der Waals surface area contributed by atoms with E-state index in [1.807, 2.05) is 11.8 Å². The second-order valence-corrected chi connectivity index (χ2v) is 4.82. The molecule has 0 aromatic carbocycles. The van der Waals surface area contributed by atoms with Crippen molar-refractivity contribution in [1.29, 1.82) is 0 Å². The van der Waals surface area contributed by atoms with Gasteiger partial charge in [-0.3, -0.25) is 0 Å². The lowest BCUT2D eigenvalue weighted by Gasteiger charge is -2.09. The molecule has 1 aliphatic heterocycles. The maximum atomic E-state index is 11.3. The van der Waals surface area contributed by atoms with Gasteiger partial charge in [0, 0.05) is 12.1 Å². The number of hydrogen-bond acceptors (Lipinski definition) is 4. The quantitative estimate of drug-likeness (QED) is 0.749. The van der Waals surface area contributed by atoms with Crippen molar-refractivity contribution in [2.45, 2.75) is 19.3 Å². The Balaban J connectivity index is 2.45. The summed E-state index contributed by atoms with van der Waals surface area (Å²) in [6.45, 7) is 0.552. The van der Waals surface area contributed by atoms with Crippen LogP contribution in [0.25, 0.3) is 0 Å². The van der Waals surface area contributed by atoms with Gasteiger partial charge in [-0.25, -0.2) is 4.79 Å². The number of thioether (sulfide) groups is 1. The highest BCUT2D eigenvalue weighted by atomic mass is 32.2. The molecule has 15 heavy (non-hydrogen) atoms. The first-order valence-electron chi connectivity index (χ1n) is 5.20. The van der Waals surface area contributed by atoms with Gasteiger partial charge in [-0.05, 0) is 36.5 Å². The molecule has 4 nitrogen and oxygen atoms in total. The standard InChI is InChI=1S/C10H15N3OS/c11-4-1-8-7-2-5-15-6-3-9(7)13-10(14)12-8/h1-6,11H2,(H,12,13,14). The zero-order valence-electron chi connectivity index (χ0n) is 8.58. The molecule has 0 unspecified atom stereocenters. The average Bonchev–Trinajstić information content (AvgIpc) is 2.43. The summed E-state index contributed by atoms with van der Waals surface area (Å²) in [6.07, 6.45) is 2.64. The van der Waals surface area contributed by atoms with Crippen LogP contribution in [0.2, 0.25) is 0 Å². The summed E-state index contributed by atoms with van der Waals surface area (Å²) in [7, 11) is 0. The molecule has 0 fully saturated rings. The summed E-state index contributed by atoms with van der Waals surface area (Å²) in [5.41, 5.74) is 8.49. The van der Waals surface area contributed by atoms with E-state index in [1.165, 1.54) is 5.56 Å². The van der Waals surface area contributed by atoms with Gasteiger partial charge in [0.1, 0.15) is 0 Å². The number of aromatic amines is 1. The van der Waals surface area contributed by atoms with E-state index < -0.39 is 0 Å². The molecule has 0 amide bonds. The van der Waals surface area contributed by atoms with Crippen molar-refractivity contribution >= 4 is 11.8 Å². The molecule has 2 heterocycles. The van der Waals surface area contributed by atoms with E-state index in [0.29, 0.717) is 13.0 Å². The number of fused-ring (bicyclic) bond motifs is 1. The van der Waals surface area contributed by atoms with E-state index in [2.05, 4.69) is 9.97 Å². The van der Waals surface area contributed by atoms with Crippen molar-refractivity contribution in [1.82, 2.24) is 9.97 Å². The minimum Gasteiger partial charge on any atom is -0.330 e. The molecule has 0 atom stereocenters. The summed E-state index contributed by atoms with van der Waals surface area (Å²) in [5, 5.41) is 0. The minimum atomic E-state index is -0.232. The predicted molar refractivity (Wildman–Crippen MR) is 62.3 cm³/mol. The molecule has 2 rings (SSSR count). The number of nitrogens with zero attached hydrogens (tertiary/aromatic N) is 1. The average molecular weight is 225 g/mol. The molecule has 0 bridgehead atoms. The molecule has 0 saturated heterocycles.